The normalized spacial score (nSPS) is 15.2. The highest BCUT2D eigenvalue weighted by atomic mass is 19.1. The van der Waals surface area contributed by atoms with Gasteiger partial charge in [-0.3, -0.25) is 0 Å². The summed E-state index contributed by atoms with van der Waals surface area (Å²) in [6, 6.07) is 4.90. The van der Waals surface area contributed by atoms with Crippen LogP contribution in [0.25, 0.3) is 0 Å². The predicted octanol–water partition coefficient (Wildman–Crippen LogP) is 3.18. The van der Waals surface area contributed by atoms with E-state index in [-0.39, 0.29) is 11.9 Å². The minimum atomic E-state index is -0.195. The van der Waals surface area contributed by atoms with Crippen molar-refractivity contribution in [1.82, 2.24) is 0 Å². The highest BCUT2D eigenvalue weighted by molar-refractivity contribution is 5.26. The summed E-state index contributed by atoms with van der Waals surface area (Å²) in [7, 11) is 0. The van der Waals surface area contributed by atoms with Crippen molar-refractivity contribution in [3.05, 3.63) is 35.1 Å². The lowest BCUT2D eigenvalue weighted by Gasteiger charge is -2.19. The van der Waals surface area contributed by atoms with Crippen LogP contribution in [0.1, 0.15) is 37.4 Å². The number of aryl methyl sites for hydroxylation is 1. The molecule has 2 heteroatoms. The summed E-state index contributed by atoms with van der Waals surface area (Å²) in [5.41, 5.74) is 7.67. The lowest BCUT2D eigenvalue weighted by Crippen LogP contribution is -2.19. The van der Waals surface area contributed by atoms with Gasteiger partial charge in [-0.25, -0.2) is 4.39 Å². The van der Waals surface area contributed by atoms with Crippen LogP contribution in [0.15, 0.2) is 18.2 Å². The first-order valence-electron chi connectivity index (χ1n) is 5.08. The number of hydrogen-bond donors (Lipinski definition) is 1. The van der Waals surface area contributed by atoms with Crippen LogP contribution in [0.2, 0.25) is 0 Å². The van der Waals surface area contributed by atoms with Crippen molar-refractivity contribution in [3.8, 4) is 0 Å². The van der Waals surface area contributed by atoms with E-state index >= 15 is 0 Å². The van der Waals surface area contributed by atoms with E-state index in [4.69, 9.17) is 5.73 Å². The van der Waals surface area contributed by atoms with Gasteiger partial charge in [-0.1, -0.05) is 38.0 Å². The fourth-order valence-corrected chi connectivity index (χ4v) is 1.48. The largest absolute Gasteiger partial charge is 0.324 e. The number of hydrogen-bond acceptors (Lipinski definition) is 1. The summed E-state index contributed by atoms with van der Waals surface area (Å²) >= 11 is 0. The van der Waals surface area contributed by atoms with Gasteiger partial charge in [-0.05, 0) is 18.9 Å². The maximum atomic E-state index is 13.4. The van der Waals surface area contributed by atoms with Crippen molar-refractivity contribution in [2.24, 2.45) is 11.7 Å². The molecule has 0 saturated carbocycles. The number of rotatable bonds is 3. The number of halogens is 1. The Morgan fingerprint density at radius 2 is 2.07 bits per heavy atom. The van der Waals surface area contributed by atoms with E-state index in [2.05, 4.69) is 6.92 Å². The Morgan fingerprint density at radius 3 is 2.64 bits per heavy atom. The van der Waals surface area contributed by atoms with Gasteiger partial charge in [0.2, 0.25) is 0 Å². The molecule has 0 bridgehead atoms. The Hall–Kier alpha value is -0.890. The van der Waals surface area contributed by atoms with Crippen molar-refractivity contribution >= 4 is 0 Å². The summed E-state index contributed by atoms with van der Waals surface area (Å²) in [6.45, 7) is 6.07. The third-order valence-electron chi connectivity index (χ3n) is 2.77. The van der Waals surface area contributed by atoms with Crippen molar-refractivity contribution < 1.29 is 4.39 Å². The quantitative estimate of drug-likeness (QED) is 0.787. The zero-order valence-electron chi connectivity index (χ0n) is 9.05. The van der Waals surface area contributed by atoms with E-state index < -0.39 is 0 Å². The van der Waals surface area contributed by atoms with Gasteiger partial charge >= 0.3 is 0 Å². The third-order valence-corrected chi connectivity index (χ3v) is 2.77. The maximum absolute atomic E-state index is 13.4. The molecule has 0 fully saturated rings. The second kappa shape index (κ2) is 4.56. The molecule has 78 valence electrons. The smallest absolute Gasteiger partial charge is 0.127 e. The second-order valence-corrected chi connectivity index (χ2v) is 3.94. The Balaban J connectivity index is 2.99. The molecule has 0 saturated heterocycles. The molecule has 0 aliphatic rings. The highest BCUT2D eigenvalue weighted by Gasteiger charge is 2.16. The van der Waals surface area contributed by atoms with Gasteiger partial charge in [-0.15, -0.1) is 0 Å². The summed E-state index contributed by atoms with van der Waals surface area (Å²) in [6.07, 6.45) is 0.967. The van der Waals surface area contributed by atoms with E-state index in [9.17, 15) is 4.39 Å². The molecule has 2 unspecified atom stereocenters. The molecule has 2 N–H and O–H groups in total. The topological polar surface area (TPSA) is 26.0 Å². The molecule has 14 heavy (non-hydrogen) atoms. The summed E-state index contributed by atoms with van der Waals surface area (Å²) in [5, 5.41) is 0. The Kier molecular flexibility index (Phi) is 3.64. The molecule has 1 aromatic rings. The van der Waals surface area contributed by atoms with Crippen LogP contribution in [0.4, 0.5) is 4.39 Å². The van der Waals surface area contributed by atoms with Crippen molar-refractivity contribution in [2.75, 3.05) is 0 Å². The first kappa shape index (κ1) is 11.2. The molecule has 0 radical (unpaired) electrons. The molecular formula is C12H18FN. The van der Waals surface area contributed by atoms with Gasteiger partial charge in [0.1, 0.15) is 5.82 Å². The Bertz CT molecular complexity index is 309. The van der Waals surface area contributed by atoms with E-state index in [1.807, 2.05) is 19.9 Å². The molecule has 0 amide bonds. The Morgan fingerprint density at radius 1 is 1.43 bits per heavy atom. The van der Waals surface area contributed by atoms with Gasteiger partial charge in [0, 0.05) is 11.6 Å². The van der Waals surface area contributed by atoms with E-state index in [0.29, 0.717) is 11.5 Å². The van der Waals surface area contributed by atoms with Gasteiger partial charge in [0.05, 0.1) is 0 Å². The number of benzene rings is 1. The predicted molar refractivity (Wildman–Crippen MR) is 57.5 cm³/mol. The van der Waals surface area contributed by atoms with Crippen molar-refractivity contribution in [2.45, 2.75) is 33.2 Å². The van der Waals surface area contributed by atoms with E-state index in [0.717, 1.165) is 12.0 Å². The van der Waals surface area contributed by atoms with Gasteiger partial charge in [0.15, 0.2) is 0 Å². The highest BCUT2D eigenvalue weighted by Crippen LogP contribution is 2.24. The van der Waals surface area contributed by atoms with Gasteiger partial charge in [0.25, 0.3) is 0 Å². The average Bonchev–Trinajstić information content (AvgIpc) is 2.19. The average molecular weight is 195 g/mol. The van der Waals surface area contributed by atoms with Crippen LogP contribution < -0.4 is 5.73 Å². The molecule has 1 nitrogen and oxygen atoms in total. The fraction of sp³-hybridized carbons (Fsp3) is 0.500. The van der Waals surface area contributed by atoms with E-state index in [1.54, 1.807) is 6.07 Å². The van der Waals surface area contributed by atoms with Crippen LogP contribution in [-0.2, 0) is 0 Å². The first-order chi connectivity index (χ1) is 6.56. The third kappa shape index (κ3) is 2.32. The monoisotopic (exact) mass is 195 g/mol. The summed E-state index contributed by atoms with van der Waals surface area (Å²) < 4.78 is 13.4. The zero-order chi connectivity index (χ0) is 10.7. The number of nitrogens with two attached hydrogens (primary N) is 1. The minimum absolute atomic E-state index is 0.191. The van der Waals surface area contributed by atoms with Crippen LogP contribution in [-0.4, -0.2) is 0 Å². The molecule has 0 aliphatic carbocycles. The molecule has 1 aromatic carbocycles. The lowest BCUT2D eigenvalue weighted by molar-refractivity contribution is 0.439. The fourth-order valence-electron chi connectivity index (χ4n) is 1.48. The summed E-state index contributed by atoms with van der Waals surface area (Å²) in [4.78, 5) is 0. The molecular weight excluding hydrogens is 177 g/mol. The summed E-state index contributed by atoms with van der Waals surface area (Å²) in [5.74, 6) is 0.120. The van der Waals surface area contributed by atoms with Crippen LogP contribution >= 0.6 is 0 Å². The van der Waals surface area contributed by atoms with Gasteiger partial charge < -0.3 is 5.73 Å². The minimum Gasteiger partial charge on any atom is -0.324 e. The molecule has 0 aliphatic heterocycles. The molecule has 0 heterocycles. The SMILES string of the molecule is CCC(C)C(N)c1cc(C)ccc1F. The first-order valence-corrected chi connectivity index (χ1v) is 5.08. The lowest BCUT2D eigenvalue weighted by atomic mass is 9.92. The Labute approximate surface area is 85.1 Å². The van der Waals surface area contributed by atoms with Gasteiger partial charge in [-0.2, -0.15) is 0 Å². The van der Waals surface area contributed by atoms with Crippen molar-refractivity contribution in [3.63, 3.8) is 0 Å². The molecule has 1 rings (SSSR count). The zero-order valence-corrected chi connectivity index (χ0v) is 9.05. The van der Waals surface area contributed by atoms with Crippen molar-refractivity contribution in [1.29, 1.82) is 0 Å². The second-order valence-electron chi connectivity index (χ2n) is 3.94. The maximum Gasteiger partial charge on any atom is 0.127 e. The van der Waals surface area contributed by atoms with Crippen LogP contribution in [0, 0.1) is 18.7 Å². The molecule has 0 aromatic heterocycles. The molecule has 2 atom stereocenters. The van der Waals surface area contributed by atoms with Crippen LogP contribution in [0.5, 0.6) is 0 Å². The van der Waals surface area contributed by atoms with Crippen LogP contribution in [0.3, 0.4) is 0 Å². The standard InChI is InChI=1S/C12H18FN/c1-4-9(3)12(14)10-7-8(2)5-6-11(10)13/h5-7,9,12H,4,14H2,1-3H3. The molecule has 0 spiro atoms. The van der Waals surface area contributed by atoms with E-state index in [1.165, 1.54) is 6.07 Å².